The topological polar surface area (TPSA) is 38.8 Å². The summed E-state index contributed by atoms with van der Waals surface area (Å²) in [6.45, 7) is 0. The van der Waals surface area contributed by atoms with Gasteiger partial charge < -0.3 is 14.4 Å². The molecule has 0 spiro atoms. The van der Waals surface area contributed by atoms with Crippen molar-refractivity contribution in [3.05, 3.63) is 29.8 Å². The van der Waals surface area contributed by atoms with Gasteiger partial charge in [0.25, 0.3) is 0 Å². The summed E-state index contributed by atoms with van der Waals surface area (Å²) in [4.78, 5) is 14.0. The molecule has 4 heteroatoms. The molecule has 4 nitrogen and oxygen atoms in total. The van der Waals surface area contributed by atoms with Crippen molar-refractivity contribution >= 4 is 5.97 Å². The Hall–Kier alpha value is -1.55. The van der Waals surface area contributed by atoms with Crippen molar-refractivity contribution in [2.75, 3.05) is 14.2 Å². The third kappa shape index (κ3) is 2.52. The van der Waals surface area contributed by atoms with E-state index < -0.39 is 0 Å². The van der Waals surface area contributed by atoms with E-state index in [1.54, 1.807) is 12.1 Å². The number of hydrogen-bond donors (Lipinski definition) is 0. The van der Waals surface area contributed by atoms with Crippen LogP contribution in [0.4, 0.5) is 0 Å². The molecule has 0 radical (unpaired) electrons. The van der Waals surface area contributed by atoms with Crippen LogP contribution in [0.1, 0.15) is 36.0 Å². The first-order valence-electron chi connectivity index (χ1n) is 7.24. The molecule has 0 aromatic heterocycles. The third-order valence-corrected chi connectivity index (χ3v) is 4.61. The molecule has 2 heterocycles. The monoisotopic (exact) mass is 275 g/mol. The summed E-state index contributed by atoms with van der Waals surface area (Å²) in [5.74, 6) is 0.445. The minimum atomic E-state index is -0.320. The summed E-state index contributed by atoms with van der Waals surface area (Å²) in [6, 6.07) is 8.58. The van der Waals surface area contributed by atoms with Crippen molar-refractivity contribution < 1.29 is 14.3 Å². The van der Waals surface area contributed by atoms with Crippen LogP contribution in [-0.2, 0) is 4.74 Å². The number of nitrogens with zero attached hydrogens (tertiary/aromatic N) is 1. The number of methoxy groups -OCH3 is 1. The third-order valence-electron chi connectivity index (χ3n) is 4.61. The van der Waals surface area contributed by atoms with E-state index in [-0.39, 0.29) is 12.1 Å². The highest BCUT2D eigenvalue weighted by molar-refractivity contribution is 5.89. The number of hydrogen-bond acceptors (Lipinski definition) is 4. The van der Waals surface area contributed by atoms with Crippen LogP contribution in [0.5, 0.6) is 5.75 Å². The predicted molar refractivity (Wildman–Crippen MR) is 76.0 cm³/mol. The lowest BCUT2D eigenvalue weighted by Gasteiger charge is -2.36. The fourth-order valence-corrected chi connectivity index (χ4v) is 3.46. The molecule has 1 aromatic rings. The Balaban J connectivity index is 1.68. The smallest absolute Gasteiger partial charge is 0.337 e. The molecule has 20 heavy (non-hydrogen) atoms. The van der Waals surface area contributed by atoms with Crippen molar-refractivity contribution in [3.8, 4) is 5.75 Å². The Morgan fingerprint density at radius 1 is 1.25 bits per heavy atom. The SMILES string of the molecule is COC(=O)c1cccc(OC2CC3CCC(C2)N3C)c1. The molecule has 2 aliphatic rings. The largest absolute Gasteiger partial charge is 0.490 e. The van der Waals surface area contributed by atoms with Crippen molar-refractivity contribution in [2.24, 2.45) is 0 Å². The molecule has 2 aliphatic heterocycles. The van der Waals surface area contributed by atoms with E-state index in [2.05, 4.69) is 11.9 Å². The van der Waals surface area contributed by atoms with E-state index in [0.717, 1.165) is 18.6 Å². The van der Waals surface area contributed by atoms with E-state index >= 15 is 0 Å². The quantitative estimate of drug-likeness (QED) is 0.794. The minimum absolute atomic E-state index is 0.261. The van der Waals surface area contributed by atoms with Crippen LogP contribution in [0.25, 0.3) is 0 Å². The summed E-state index contributed by atoms with van der Waals surface area (Å²) >= 11 is 0. The first-order valence-corrected chi connectivity index (χ1v) is 7.24. The number of carbonyl (C=O) groups excluding carboxylic acids is 1. The van der Waals surface area contributed by atoms with Gasteiger partial charge in [0.1, 0.15) is 11.9 Å². The van der Waals surface area contributed by atoms with Gasteiger partial charge in [-0.05, 0) is 50.9 Å². The van der Waals surface area contributed by atoms with Crippen LogP contribution in [0.2, 0.25) is 0 Å². The summed E-state index contributed by atoms with van der Waals surface area (Å²) in [7, 11) is 3.61. The molecule has 2 bridgehead atoms. The zero-order valence-electron chi connectivity index (χ0n) is 12.0. The number of fused-ring (bicyclic) bond motifs is 2. The first-order chi connectivity index (χ1) is 9.67. The van der Waals surface area contributed by atoms with Gasteiger partial charge >= 0.3 is 5.97 Å². The average molecular weight is 275 g/mol. The van der Waals surface area contributed by atoms with Crippen LogP contribution in [0, 0.1) is 0 Å². The van der Waals surface area contributed by atoms with Crippen LogP contribution in [-0.4, -0.2) is 43.2 Å². The Morgan fingerprint density at radius 3 is 2.60 bits per heavy atom. The Labute approximate surface area is 119 Å². The molecule has 3 rings (SSSR count). The molecule has 2 saturated heterocycles. The van der Waals surface area contributed by atoms with Gasteiger partial charge in [0.2, 0.25) is 0 Å². The van der Waals surface area contributed by atoms with E-state index in [1.165, 1.54) is 20.0 Å². The Bertz CT molecular complexity index is 488. The maximum Gasteiger partial charge on any atom is 0.337 e. The second kappa shape index (κ2) is 5.44. The fraction of sp³-hybridized carbons (Fsp3) is 0.562. The molecular formula is C16H21NO3. The van der Waals surface area contributed by atoms with Crippen molar-refractivity contribution in [2.45, 2.75) is 43.9 Å². The van der Waals surface area contributed by atoms with E-state index in [4.69, 9.17) is 9.47 Å². The van der Waals surface area contributed by atoms with Crippen molar-refractivity contribution in [1.82, 2.24) is 4.90 Å². The number of carbonyl (C=O) groups is 1. The van der Waals surface area contributed by atoms with Gasteiger partial charge in [-0.3, -0.25) is 0 Å². The lowest BCUT2D eigenvalue weighted by Crippen LogP contribution is -2.43. The summed E-state index contributed by atoms with van der Waals surface area (Å²) in [5, 5.41) is 0. The molecule has 0 saturated carbocycles. The maximum absolute atomic E-state index is 11.5. The number of esters is 1. The van der Waals surface area contributed by atoms with Crippen LogP contribution in [0.3, 0.4) is 0 Å². The van der Waals surface area contributed by atoms with Gasteiger partial charge in [-0.25, -0.2) is 4.79 Å². The highest BCUT2D eigenvalue weighted by Crippen LogP contribution is 2.35. The molecule has 2 fully saturated rings. The standard InChI is InChI=1S/C16H21NO3/c1-17-12-6-7-13(17)10-15(9-12)20-14-5-3-4-11(8-14)16(18)19-2/h3-5,8,12-13,15H,6-7,9-10H2,1-2H3. The summed E-state index contributed by atoms with van der Waals surface area (Å²) in [6.07, 6.45) is 4.98. The lowest BCUT2D eigenvalue weighted by molar-refractivity contribution is 0.0591. The predicted octanol–water partition coefficient (Wildman–Crippen LogP) is 2.48. The first kappa shape index (κ1) is 13.4. The fourth-order valence-electron chi connectivity index (χ4n) is 3.46. The van der Waals surface area contributed by atoms with Gasteiger partial charge in [0, 0.05) is 12.1 Å². The molecule has 1 aromatic carbocycles. The van der Waals surface area contributed by atoms with Gasteiger partial charge in [-0.2, -0.15) is 0 Å². The van der Waals surface area contributed by atoms with Crippen LogP contribution >= 0.6 is 0 Å². The average Bonchev–Trinajstić information content (AvgIpc) is 2.68. The number of benzene rings is 1. The second-order valence-corrected chi connectivity index (χ2v) is 5.78. The van der Waals surface area contributed by atoms with E-state index in [0.29, 0.717) is 17.6 Å². The summed E-state index contributed by atoms with van der Waals surface area (Å²) < 4.78 is 10.8. The van der Waals surface area contributed by atoms with Gasteiger partial charge in [0.15, 0.2) is 0 Å². The lowest BCUT2D eigenvalue weighted by atomic mass is 10.0. The highest BCUT2D eigenvalue weighted by Gasteiger charge is 2.39. The molecule has 2 atom stereocenters. The van der Waals surface area contributed by atoms with Crippen molar-refractivity contribution in [3.63, 3.8) is 0 Å². The number of ether oxygens (including phenoxy) is 2. The zero-order valence-corrected chi connectivity index (χ0v) is 12.0. The molecule has 0 aliphatic carbocycles. The van der Waals surface area contributed by atoms with Crippen molar-refractivity contribution in [1.29, 1.82) is 0 Å². The maximum atomic E-state index is 11.5. The van der Waals surface area contributed by atoms with E-state index in [1.807, 2.05) is 12.1 Å². The minimum Gasteiger partial charge on any atom is -0.490 e. The van der Waals surface area contributed by atoms with Gasteiger partial charge in [0.05, 0.1) is 12.7 Å². The number of rotatable bonds is 3. The summed E-state index contributed by atoms with van der Waals surface area (Å²) in [5.41, 5.74) is 0.542. The number of piperidine rings is 1. The molecular weight excluding hydrogens is 254 g/mol. The van der Waals surface area contributed by atoms with E-state index in [9.17, 15) is 4.79 Å². The highest BCUT2D eigenvalue weighted by atomic mass is 16.5. The van der Waals surface area contributed by atoms with Gasteiger partial charge in [-0.1, -0.05) is 6.07 Å². The molecule has 0 N–H and O–H groups in total. The zero-order chi connectivity index (χ0) is 14.1. The molecule has 2 unspecified atom stereocenters. The normalized spacial score (nSPS) is 29.2. The molecule has 108 valence electrons. The van der Waals surface area contributed by atoms with Crippen LogP contribution < -0.4 is 4.74 Å². The van der Waals surface area contributed by atoms with Crippen LogP contribution in [0.15, 0.2) is 24.3 Å². The van der Waals surface area contributed by atoms with Gasteiger partial charge in [-0.15, -0.1) is 0 Å². The molecule has 0 amide bonds. The Morgan fingerprint density at radius 2 is 1.95 bits per heavy atom. The second-order valence-electron chi connectivity index (χ2n) is 5.78. The Kier molecular flexibility index (Phi) is 3.66.